The number of nitrogens with zero attached hydrogens (tertiary/aromatic N) is 2. The molecule has 0 fully saturated rings. The highest BCUT2D eigenvalue weighted by molar-refractivity contribution is 6.00. The molecule has 0 spiro atoms. The molecular formula is C20H22N4O. The van der Waals surface area contributed by atoms with E-state index in [1.807, 2.05) is 36.4 Å². The van der Waals surface area contributed by atoms with E-state index in [-0.39, 0.29) is 11.4 Å². The third-order valence-corrected chi connectivity index (χ3v) is 4.08. The second-order valence-electron chi connectivity index (χ2n) is 7.02. The molecule has 0 atom stereocenters. The number of nitrogens with one attached hydrogen (secondary N) is 2. The van der Waals surface area contributed by atoms with Crippen LogP contribution >= 0.6 is 0 Å². The van der Waals surface area contributed by atoms with Gasteiger partial charge in [0.2, 0.25) is 0 Å². The van der Waals surface area contributed by atoms with Crippen molar-refractivity contribution in [3.05, 3.63) is 65.9 Å². The first-order valence-electron chi connectivity index (χ1n) is 8.28. The van der Waals surface area contributed by atoms with E-state index in [1.165, 1.54) is 5.56 Å². The van der Waals surface area contributed by atoms with Crippen molar-refractivity contribution in [1.29, 1.82) is 0 Å². The van der Waals surface area contributed by atoms with Gasteiger partial charge in [-0.25, -0.2) is 4.79 Å². The molecule has 0 saturated heterocycles. The third-order valence-electron chi connectivity index (χ3n) is 4.08. The van der Waals surface area contributed by atoms with Crippen LogP contribution in [-0.2, 0) is 12.0 Å². The van der Waals surface area contributed by atoms with Crippen molar-refractivity contribution in [2.45, 2.75) is 32.7 Å². The summed E-state index contributed by atoms with van der Waals surface area (Å²) in [4.78, 5) is 12.2. The summed E-state index contributed by atoms with van der Waals surface area (Å²) >= 11 is 0. The van der Waals surface area contributed by atoms with E-state index in [4.69, 9.17) is 0 Å². The Morgan fingerprint density at radius 2 is 1.80 bits per heavy atom. The maximum atomic E-state index is 12.2. The van der Waals surface area contributed by atoms with Crippen molar-refractivity contribution in [3.8, 4) is 0 Å². The fourth-order valence-electron chi connectivity index (χ4n) is 2.60. The molecule has 2 N–H and O–H groups in total. The number of urea groups is 1. The normalized spacial score (nSPS) is 11.3. The molecule has 0 aliphatic rings. The zero-order valence-electron chi connectivity index (χ0n) is 14.7. The van der Waals surface area contributed by atoms with Gasteiger partial charge in [0.15, 0.2) is 0 Å². The monoisotopic (exact) mass is 334 g/mol. The number of benzene rings is 2. The van der Waals surface area contributed by atoms with E-state index in [0.29, 0.717) is 12.2 Å². The lowest BCUT2D eigenvalue weighted by atomic mass is 9.87. The fourth-order valence-corrected chi connectivity index (χ4v) is 2.60. The molecule has 2 aromatic carbocycles. The number of carbonyl (C=O) groups is 1. The van der Waals surface area contributed by atoms with E-state index in [2.05, 4.69) is 53.7 Å². The minimum Gasteiger partial charge on any atom is -0.334 e. The summed E-state index contributed by atoms with van der Waals surface area (Å²) in [6.07, 6.45) is 1.61. The topological polar surface area (TPSA) is 66.9 Å². The van der Waals surface area contributed by atoms with Crippen LogP contribution in [-0.4, -0.2) is 16.2 Å². The van der Waals surface area contributed by atoms with Gasteiger partial charge in [0.25, 0.3) is 0 Å². The number of amides is 2. The van der Waals surface area contributed by atoms with Crippen LogP contribution < -0.4 is 10.6 Å². The Kier molecular flexibility index (Phi) is 4.65. The summed E-state index contributed by atoms with van der Waals surface area (Å²) < 4.78 is 0. The van der Waals surface area contributed by atoms with Crippen LogP contribution in [0.15, 0.2) is 54.7 Å². The summed E-state index contributed by atoms with van der Waals surface area (Å²) in [6.45, 7) is 7.02. The maximum Gasteiger partial charge on any atom is 0.319 e. The van der Waals surface area contributed by atoms with Crippen LogP contribution in [0.3, 0.4) is 0 Å². The number of fused-ring (bicyclic) bond motifs is 1. The van der Waals surface area contributed by atoms with Crippen LogP contribution in [0.5, 0.6) is 0 Å². The van der Waals surface area contributed by atoms with Gasteiger partial charge in [-0.1, -0.05) is 51.1 Å². The summed E-state index contributed by atoms with van der Waals surface area (Å²) in [5.74, 6) is 0. The molecule has 0 saturated carbocycles. The van der Waals surface area contributed by atoms with Gasteiger partial charge >= 0.3 is 6.03 Å². The first kappa shape index (κ1) is 16.9. The van der Waals surface area contributed by atoms with E-state index in [9.17, 15) is 4.79 Å². The number of hydrogen-bond acceptors (Lipinski definition) is 3. The summed E-state index contributed by atoms with van der Waals surface area (Å²) in [7, 11) is 0. The average Bonchev–Trinajstić information content (AvgIpc) is 2.60. The highest BCUT2D eigenvalue weighted by Gasteiger charge is 2.13. The third kappa shape index (κ3) is 4.12. The summed E-state index contributed by atoms with van der Waals surface area (Å²) in [5, 5.41) is 14.5. The number of rotatable bonds is 3. The molecule has 5 nitrogen and oxygen atoms in total. The number of aromatic nitrogens is 2. The second kappa shape index (κ2) is 6.89. The first-order chi connectivity index (χ1) is 11.9. The van der Waals surface area contributed by atoms with Gasteiger partial charge in [-0.05, 0) is 34.7 Å². The number of anilines is 1. The molecule has 0 bridgehead atoms. The molecule has 0 aliphatic heterocycles. The van der Waals surface area contributed by atoms with Crippen LogP contribution in [0.2, 0.25) is 0 Å². The standard InChI is InChI=1S/C20H22N4O/c1-20(2,3)15-9-7-14(8-10-15)13-21-19(25)23-17-5-4-6-18-16(17)11-12-22-24-18/h4-12H,13H2,1-3H3,(H2,21,23,25). The molecule has 0 unspecified atom stereocenters. The predicted molar refractivity (Wildman–Crippen MR) is 101 cm³/mol. The van der Waals surface area contributed by atoms with Crippen molar-refractivity contribution >= 4 is 22.6 Å². The Bertz CT molecular complexity index is 877. The molecule has 1 aromatic heterocycles. The van der Waals surface area contributed by atoms with Gasteiger partial charge in [-0.15, -0.1) is 0 Å². The Morgan fingerprint density at radius 3 is 2.52 bits per heavy atom. The minimum absolute atomic E-state index is 0.126. The van der Waals surface area contributed by atoms with Gasteiger partial charge in [-0.2, -0.15) is 10.2 Å². The van der Waals surface area contributed by atoms with E-state index < -0.39 is 0 Å². The first-order valence-corrected chi connectivity index (χ1v) is 8.28. The molecule has 3 rings (SSSR count). The van der Waals surface area contributed by atoms with Crippen molar-refractivity contribution in [3.63, 3.8) is 0 Å². The van der Waals surface area contributed by atoms with Gasteiger partial charge in [0.05, 0.1) is 17.4 Å². The van der Waals surface area contributed by atoms with Crippen LogP contribution in [0, 0.1) is 0 Å². The lowest BCUT2D eigenvalue weighted by molar-refractivity contribution is 0.252. The highest BCUT2D eigenvalue weighted by atomic mass is 16.2. The molecule has 2 amide bonds. The van der Waals surface area contributed by atoms with Crippen molar-refractivity contribution < 1.29 is 4.79 Å². The molecule has 128 valence electrons. The molecule has 5 heteroatoms. The lowest BCUT2D eigenvalue weighted by Crippen LogP contribution is -2.28. The molecule has 0 radical (unpaired) electrons. The van der Waals surface area contributed by atoms with E-state index in [0.717, 1.165) is 16.5 Å². The Hall–Kier alpha value is -2.95. The van der Waals surface area contributed by atoms with E-state index >= 15 is 0 Å². The lowest BCUT2D eigenvalue weighted by Gasteiger charge is -2.19. The minimum atomic E-state index is -0.246. The van der Waals surface area contributed by atoms with E-state index in [1.54, 1.807) is 6.20 Å². The Labute approximate surface area is 147 Å². The largest absolute Gasteiger partial charge is 0.334 e. The summed E-state index contributed by atoms with van der Waals surface area (Å²) in [5.41, 5.74) is 3.93. The Balaban J connectivity index is 1.63. The van der Waals surface area contributed by atoms with Crippen LogP contribution in [0.25, 0.3) is 10.9 Å². The summed E-state index contributed by atoms with van der Waals surface area (Å²) in [6, 6.07) is 15.5. The SMILES string of the molecule is CC(C)(C)c1ccc(CNC(=O)Nc2cccc3nnccc23)cc1. The van der Waals surface area contributed by atoms with Crippen molar-refractivity contribution in [1.82, 2.24) is 15.5 Å². The Morgan fingerprint density at radius 1 is 1.04 bits per heavy atom. The van der Waals surface area contributed by atoms with Gasteiger partial charge in [0, 0.05) is 11.9 Å². The fraction of sp³-hybridized carbons (Fsp3) is 0.250. The molecular weight excluding hydrogens is 312 g/mol. The highest BCUT2D eigenvalue weighted by Crippen LogP contribution is 2.22. The van der Waals surface area contributed by atoms with Crippen LogP contribution in [0.1, 0.15) is 31.9 Å². The zero-order chi connectivity index (χ0) is 17.9. The smallest absolute Gasteiger partial charge is 0.319 e. The molecule has 3 aromatic rings. The van der Waals surface area contributed by atoms with Crippen LogP contribution in [0.4, 0.5) is 10.5 Å². The number of hydrogen-bond donors (Lipinski definition) is 2. The molecule has 1 heterocycles. The second-order valence-corrected chi connectivity index (χ2v) is 7.02. The maximum absolute atomic E-state index is 12.2. The zero-order valence-corrected chi connectivity index (χ0v) is 14.7. The van der Waals surface area contributed by atoms with Gasteiger partial charge in [-0.3, -0.25) is 0 Å². The van der Waals surface area contributed by atoms with Crippen molar-refractivity contribution in [2.24, 2.45) is 0 Å². The quantitative estimate of drug-likeness (QED) is 0.752. The van der Waals surface area contributed by atoms with Crippen molar-refractivity contribution in [2.75, 3.05) is 5.32 Å². The van der Waals surface area contributed by atoms with Gasteiger partial charge < -0.3 is 10.6 Å². The molecule has 25 heavy (non-hydrogen) atoms. The number of carbonyl (C=O) groups excluding carboxylic acids is 1. The average molecular weight is 334 g/mol. The molecule has 0 aliphatic carbocycles. The van der Waals surface area contributed by atoms with Gasteiger partial charge in [0.1, 0.15) is 0 Å². The predicted octanol–water partition coefficient (Wildman–Crippen LogP) is 4.25.